The molecule has 3 rings (SSSR count). The largest absolute Gasteiger partial charge is 0.323 e. The molecule has 21 heavy (non-hydrogen) atoms. The van der Waals surface area contributed by atoms with Crippen LogP contribution in [0.15, 0.2) is 47.4 Å². The molecule has 0 saturated carbocycles. The van der Waals surface area contributed by atoms with Crippen molar-refractivity contribution in [3.8, 4) is 0 Å². The van der Waals surface area contributed by atoms with Gasteiger partial charge in [-0.25, -0.2) is 0 Å². The zero-order valence-corrected chi connectivity index (χ0v) is 13.2. The quantitative estimate of drug-likeness (QED) is 0.941. The summed E-state index contributed by atoms with van der Waals surface area (Å²) >= 11 is 0. The number of nitrogens with two attached hydrogens (primary N) is 1. The van der Waals surface area contributed by atoms with Crippen molar-refractivity contribution < 1.29 is 4.21 Å². The van der Waals surface area contributed by atoms with E-state index in [0.717, 1.165) is 28.9 Å². The van der Waals surface area contributed by atoms with Crippen LogP contribution in [0.1, 0.15) is 34.7 Å². The molecule has 2 unspecified atom stereocenters. The van der Waals surface area contributed by atoms with Crippen LogP contribution in [-0.2, 0) is 23.6 Å². The van der Waals surface area contributed by atoms with E-state index in [1.54, 1.807) is 0 Å². The summed E-state index contributed by atoms with van der Waals surface area (Å²) in [6.07, 6.45) is 3.49. The van der Waals surface area contributed by atoms with Crippen molar-refractivity contribution in [3.05, 3.63) is 64.7 Å². The van der Waals surface area contributed by atoms with Crippen molar-refractivity contribution in [2.24, 2.45) is 5.73 Å². The van der Waals surface area contributed by atoms with Gasteiger partial charge in [-0.1, -0.05) is 30.3 Å². The Kier molecular flexibility index (Phi) is 4.22. The second-order valence-corrected chi connectivity index (χ2v) is 7.26. The lowest BCUT2D eigenvalue weighted by Crippen LogP contribution is -2.19. The average Bonchev–Trinajstić information content (AvgIpc) is 2.94. The highest BCUT2D eigenvalue weighted by molar-refractivity contribution is 7.85. The first kappa shape index (κ1) is 14.5. The fraction of sp³-hybridized carbons (Fsp3) is 0.333. The van der Waals surface area contributed by atoms with Crippen molar-refractivity contribution in [2.45, 2.75) is 37.1 Å². The summed E-state index contributed by atoms with van der Waals surface area (Å²) in [5.74, 6) is 0.476. The van der Waals surface area contributed by atoms with Gasteiger partial charge in [0, 0.05) is 16.7 Å². The van der Waals surface area contributed by atoms with Crippen LogP contribution in [-0.4, -0.2) is 9.96 Å². The van der Waals surface area contributed by atoms with Gasteiger partial charge in [0.2, 0.25) is 0 Å². The third-order valence-corrected chi connectivity index (χ3v) is 5.69. The number of benzene rings is 2. The summed E-state index contributed by atoms with van der Waals surface area (Å²) in [5, 5.41) is 0. The number of rotatable bonds is 4. The Morgan fingerprint density at radius 2 is 1.90 bits per heavy atom. The molecule has 0 radical (unpaired) electrons. The van der Waals surface area contributed by atoms with E-state index in [9.17, 15) is 4.21 Å². The van der Waals surface area contributed by atoms with Gasteiger partial charge in [0.1, 0.15) is 0 Å². The zero-order valence-electron chi connectivity index (χ0n) is 12.3. The van der Waals surface area contributed by atoms with E-state index in [1.807, 2.05) is 37.3 Å². The maximum atomic E-state index is 12.6. The van der Waals surface area contributed by atoms with Crippen LogP contribution in [0.3, 0.4) is 0 Å². The molecule has 2 nitrogen and oxygen atoms in total. The normalized spacial score (nSPS) is 16.5. The summed E-state index contributed by atoms with van der Waals surface area (Å²) in [7, 11) is -1.04. The third kappa shape index (κ3) is 3.09. The Bertz CT molecular complexity index is 681. The van der Waals surface area contributed by atoms with Crippen molar-refractivity contribution in [2.75, 3.05) is 5.75 Å². The Morgan fingerprint density at radius 1 is 1.14 bits per heavy atom. The van der Waals surface area contributed by atoms with Crippen LogP contribution >= 0.6 is 0 Å². The van der Waals surface area contributed by atoms with Crippen molar-refractivity contribution in [3.63, 3.8) is 0 Å². The minimum atomic E-state index is -1.04. The molecule has 2 aromatic carbocycles. The second-order valence-electron chi connectivity index (χ2n) is 5.76. The molecule has 1 aliphatic rings. The third-order valence-electron chi connectivity index (χ3n) is 4.25. The van der Waals surface area contributed by atoms with Gasteiger partial charge in [-0.2, -0.15) is 0 Å². The minimum Gasteiger partial charge on any atom is -0.323 e. The van der Waals surface area contributed by atoms with Crippen LogP contribution in [0, 0.1) is 6.92 Å². The molecule has 0 saturated heterocycles. The van der Waals surface area contributed by atoms with E-state index in [2.05, 4.69) is 12.1 Å². The van der Waals surface area contributed by atoms with Crippen molar-refractivity contribution in [1.29, 1.82) is 0 Å². The second kappa shape index (κ2) is 6.12. The van der Waals surface area contributed by atoms with E-state index in [-0.39, 0.29) is 6.04 Å². The fourth-order valence-corrected chi connectivity index (χ4v) is 4.23. The predicted molar refractivity (Wildman–Crippen MR) is 87.8 cm³/mol. The topological polar surface area (TPSA) is 43.1 Å². The average molecular weight is 299 g/mol. The van der Waals surface area contributed by atoms with E-state index >= 15 is 0 Å². The molecule has 0 bridgehead atoms. The highest BCUT2D eigenvalue weighted by Crippen LogP contribution is 2.25. The van der Waals surface area contributed by atoms with Gasteiger partial charge in [0.15, 0.2) is 0 Å². The zero-order chi connectivity index (χ0) is 14.8. The number of hydrogen-bond acceptors (Lipinski definition) is 2. The highest BCUT2D eigenvalue weighted by Gasteiger charge is 2.16. The monoisotopic (exact) mass is 299 g/mol. The lowest BCUT2D eigenvalue weighted by molar-refractivity contribution is 0.675. The molecule has 0 spiro atoms. The van der Waals surface area contributed by atoms with Gasteiger partial charge in [-0.15, -0.1) is 0 Å². The molecule has 3 heteroatoms. The van der Waals surface area contributed by atoms with E-state index in [4.69, 9.17) is 5.73 Å². The summed E-state index contributed by atoms with van der Waals surface area (Å²) < 4.78 is 12.6. The number of aryl methyl sites for hydroxylation is 3. The number of hydrogen-bond donors (Lipinski definition) is 1. The fourth-order valence-electron chi connectivity index (χ4n) is 3.04. The molecule has 2 aromatic rings. The Morgan fingerprint density at radius 3 is 2.71 bits per heavy atom. The van der Waals surface area contributed by atoms with Crippen molar-refractivity contribution in [1.82, 2.24) is 0 Å². The molecule has 110 valence electrons. The molecule has 0 amide bonds. The van der Waals surface area contributed by atoms with Gasteiger partial charge in [0.25, 0.3) is 0 Å². The van der Waals surface area contributed by atoms with Crippen LogP contribution < -0.4 is 5.73 Å². The van der Waals surface area contributed by atoms with Crippen molar-refractivity contribution >= 4 is 10.8 Å². The first-order valence-electron chi connectivity index (χ1n) is 7.46. The predicted octanol–water partition coefficient (Wildman–Crippen LogP) is 3.29. The minimum absolute atomic E-state index is 0.180. The Hall–Kier alpha value is -1.45. The highest BCUT2D eigenvalue weighted by atomic mass is 32.2. The standard InChI is InChI=1S/C18H21NOS/c1-13-5-2-3-8-17(13)18(19)12-21(20)16-10-9-14-6-4-7-15(14)11-16/h2-3,5,8-11,18H,4,6-7,12,19H2,1H3. The summed E-state index contributed by atoms with van der Waals surface area (Å²) in [5.41, 5.74) is 11.3. The lowest BCUT2D eigenvalue weighted by atomic mass is 10.0. The number of fused-ring (bicyclic) bond motifs is 1. The van der Waals surface area contributed by atoms with Gasteiger partial charge < -0.3 is 5.73 Å². The van der Waals surface area contributed by atoms with E-state index < -0.39 is 10.8 Å². The maximum Gasteiger partial charge on any atom is 0.0548 e. The van der Waals surface area contributed by atoms with E-state index in [1.165, 1.54) is 17.5 Å². The molecule has 2 atom stereocenters. The Labute approximate surface area is 128 Å². The molecule has 1 aliphatic carbocycles. The summed E-state index contributed by atoms with van der Waals surface area (Å²) in [4.78, 5) is 0.916. The van der Waals surface area contributed by atoms with Gasteiger partial charge >= 0.3 is 0 Å². The first-order chi connectivity index (χ1) is 10.1. The SMILES string of the molecule is Cc1ccccc1C(N)CS(=O)c1ccc2c(c1)CCC2. The van der Waals surface area contributed by atoms with Crippen LogP contribution in [0.25, 0.3) is 0 Å². The van der Waals surface area contributed by atoms with Gasteiger partial charge in [-0.05, 0) is 60.6 Å². The van der Waals surface area contributed by atoms with E-state index in [0.29, 0.717) is 5.75 Å². The van der Waals surface area contributed by atoms with Crippen LogP contribution in [0.5, 0.6) is 0 Å². The smallest absolute Gasteiger partial charge is 0.0548 e. The summed E-state index contributed by atoms with van der Waals surface area (Å²) in [6.45, 7) is 2.05. The lowest BCUT2D eigenvalue weighted by Gasteiger charge is -2.14. The molecular formula is C18H21NOS. The Balaban J connectivity index is 1.76. The molecular weight excluding hydrogens is 278 g/mol. The van der Waals surface area contributed by atoms with Crippen LogP contribution in [0.2, 0.25) is 0 Å². The molecule has 0 fully saturated rings. The first-order valence-corrected chi connectivity index (χ1v) is 8.78. The molecule has 0 aliphatic heterocycles. The van der Waals surface area contributed by atoms with Gasteiger partial charge in [0.05, 0.1) is 10.8 Å². The molecule has 0 aromatic heterocycles. The summed E-state index contributed by atoms with van der Waals surface area (Å²) in [6, 6.07) is 14.1. The molecule has 2 N–H and O–H groups in total. The maximum absolute atomic E-state index is 12.6. The van der Waals surface area contributed by atoms with Gasteiger partial charge in [-0.3, -0.25) is 4.21 Å². The molecule has 0 heterocycles. The van der Waals surface area contributed by atoms with Crippen LogP contribution in [0.4, 0.5) is 0 Å².